The van der Waals surface area contributed by atoms with Crippen LogP contribution in [0.5, 0.6) is 5.75 Å². The molecule has 1 aromatic heterocycles. The number of benzene rings is 3. The Balaban J connectivity index is 1.44. The Morgan fingerprint density at radius 2 is 1.76 bits per heavy atom. The molecule has 3 aromatic carbocycles. The quantitative estimate of drug-likeness (QED) is 0.351. The molecule has 0 saturated carbocycles. The lowest BCUT2D eigenvalue weighted by atomic mass is 10.0. The fourth-order valence-electron chi connectivity index (χ4n) is 3.91. The van der Waals surface area contributed by atoms with Crippen LogP contribution < -0.4 is 10.1 Å². The zero-order valence-corrected chi connectivity index (χ0v) is 18.1. The van der Waals surface area contributed by atoms with Gasteiger partial charge in [0.1, 0.15) is 18.2 Å². The first-order chi connectivity index (χ1) is 15.9. The molecule has 0 spiro atoms. The van der Waals surface area contributed by atoms with Gasteiger partial charge in [0.15, 0.2) is 0 Å². The summed E-state index contributed by atoms with van der Waals surface area (Å²) in [5.74, 6) is 1.50. The smallest absolute Gasteiger partial charge is 0.417 e. The maximum absolute atomic E-state index is 13.4. The van der Waals surface area contributed by atoms with Crippen LogP contribution in [0.25, 0.3) is 16.9 Å². The van der Waals surface area contributed by atoms with Gasteiger partial charge in [0.05, 0.1) is 22.0 Å². The number of alkyl halides is 3. The molecule has 4 aromatic rings. The Bertz CT molecular complexity index is 1280. The first-order valence-corrected chi connectivity index (χ1v) is 10.8. The van der Waals surface area contributed by atoms with Gasteiger partial charge in [-0.1, -0.05) is 48.0 Å². The van der Waals surface area contributed by atoms with Gasteiger partial charge < -0.3 is 10.1 Å². The highest BCUT2D eigenvalue weighted by molar-refractivity contribution is 6.31. The summed E-state index contributed by atoms with van der Waals surface area (Å²) in [7, 11) is 0. The molecule has 0 radical (unpaired) electrons. The second-order valence-corrected chi connectivity index (χ2v) is 8.13. The molecular weight excluding hydrogens is 451 g/mol. The summed E-state index contributed by atoms with van der Waals surface area (Å²) in [5, 5.41) is 7.62. The van der Waals surface area contributed by atoms with Crippen LogP contribution in [0.4, 0.5) is 19.0 Å². The van der Waals surface area contributed by atoms with Gasteiger partial charge in [-0.3, -0.25) is 0 Å². The van der Waals surface area contributed by atoms with E-state index in [-0.39, 0.29) is 5.02 Å². The van der Waals surface area contributed by atoms with E-state index in [4.69, 9.17) is 16.3 Å². The predicted molar refractivity (Wildman–Crippen MR) is 122 cm³/mol. The van der Waals surface area contributed by atoms with Crippen molar-refractivity contribution in [1.82, 2.24) is 9.78 Å². The topological polar surface area (TPSA) is 39.1 Å². The normalized spacial score (nSPS) is 13.0. The van der Waals surface area contributed by atoms with E-state index < -0.39 is 11.7 Å². The molecule has 0 unspecified atom stereocenters. The third-order valence-electron chi connectivity index (χ3n) is 5.53. The standard InChI is InChI=1S/C25H19ClF3N3O/c26-22-11-6-17(14-21(22)25(27,28)29)23-20-12-13-30-24(20)32(31-23)18-7-9-19(10-8-18)33-15-16-4-2-1-3-5-16/h1-11,14,30H,12-13,15H2. The third kappa shape index (κ3) is 4.28. The van der Waals surface area contributed by atoms with E-state index >= 15 is 0 Å². The zero-order chi connectivity index (χ0) is 23.0. The van der Waals surface area contributed by atoms with Crippen LogP contribution in [0.1, 0.15) is 16.7 Å². The van der Waals surface area contributed by atoms with Crippen LogP contribution in [-0.4, -0.2) is 16.3 Å². The van der Waals surface area contributed by atoms with Crippen LogP contribution in [0.3, 0.4) is 0 Å². The average Bonchev–Trinajstić information content (AvgIpc) is 3.42. The van der Waals surface area contributed by atoms with E-state index in [1.54, 1.807) is 10.7 Å². The second kappa shape index (κ2) is 8.48. The summed E-state index contributed by atoms with van der Waals surface area (Å²) in [4.78, 5) is 0. The fraction of sp³-hybridized carbons (Fsp3) is 0.160. The molecule has 4 nitrogen and oxygen atoms in total. The molecule has 0 aliphatic carbocycles. The maximum atomic E-state index is 13.4. The van der Waals surface area contributed by atoms with Crippen molar-refractivity contribution in [3.8, 4) is 22.7 Å². The van der Waals surface area contributed by atoms with E-state index in [0.29, 0.717) is 36.6 Å². The lowest BCUT2D eigenvalue weighted by Crippen LogP contribution is -2.06. The molecular formula is C25H19ClF3N3O. The highest BCUT2D eigenvalue weighted by Crippen LogP contribution is 2.40. The molecule has 0 saturated heterocycles. The maximum Gasteiger partial charge on any atom is 0.417 e. The average molecular weight is 470 g/mol. The van der Waals surface area contributed by atoms with Gasteiger partial charge >= 0.3 is 6.18 Å². The van der Waals surface area contributed by atoms with Crippen molar-refractivity contribution in [2.45, 2.75) is 19.2 Å². The fourth-order valence-corrected chi connectivity index (χ4v) is 4.13. The predicted octanol–water partition coefficient (Wildman–Crippen LogP) is 6.76. The van der Waals surface area contributed by atoms with Crippen LogP contribution in [0, 0.1) is 0 Å². The number of hydrogen-bond donors (Lipinski definition) is 1. The van der Waals surface area contributed by atoms with Crippen molar-refractivity contribution >= 4 is 17.4 Å². The first kappa shape index (κ1) is 21.4. The molecule has 0 atom stereocenters. The molecule has 5 rings (SSSR count). The van der Waals surface area contributed by atoms with Gasteiger partial charge in [0.2, 0.25) is 0 Å². The summed E-state index contributed by atoms with van der Waals surface area (Å²) in [5.41, 5.74) is 2.77. The minimum Gasteiger partial charge on any atom is -0.489 e. The van der Waals surface area contributed by atoms with Gasteiger partial charge in [0, 0.05) is 17.7 Å². The van der Waals surface area contributed by atoms with Gasteiger partial charge in [-0.15, -0.1) is 0 Å². The lowest BCUT2D eigenvalue weighted by Gasteiger charge is -2.11. The zero-order valence-electron chi connectivity index (χ0n) is 17.4. The molecule has 168 valence electrons. The van der Waals surface area contributed by atoms with E-state index in [9.17, 15) is 13.2 Å². The van der Waals surface area contributed by atoms with Crippen molar-refractivity contribution in [2.75, 3.05) is 11.9 Å². The number of hydrogen-bond acceptors (Lipinski definition) is 3. The number of anilines is 1. The minimum atomic E-state index is -4.54. The minimum absolute atomic E-state index is 0.327. The highest BCUT2D eigenvalue weighted by Gasteiger charge is 2.34. The first-order valence-electron chi connectivity index (χ1n) is 10.4. The largest absolute Gasteiger partial charge is 0.489 e. The molecule has 8 heteroatoms. The molecule has 0 bridgehead atoms. The second-order valence-electron chi connectivity index (χ2n) is 7.72. The van der Waals surface area contributed by atoms with Gasteiger partial charge in [-0.2, -0.15) is 18.3 Å². The number of halogens is 4. The Morgan fingerprint density at radius 3 is 2.48 bits per heavy atom. The Hall–Kier alpha value is -3.45. The molecule has 0 amide bonds. The molecule has 0 fully saturated rings. The summed E-state index contributed by atoms with van der Waals surface area (Å²) >= 11 is 5.80. The van der Waals surface area contributed by atoms with Gasteiger partial charge in [0.25, 0.3) is 0 Å². The van der Waals surface area contributed by atoms with Crippen LogP contribution in [0.2, 0.25) is 5.02 Å². The van der Waals surface area contributed by atoms with Gasteiger partial charge in [-0.25, -0.2) is 4.68 Å². The molecule has 33 heavy (non-hydrogen) atoms. The van der Waals surface area contributed by atoms with E-state index in [2.05, 4.69) is 10.4 Å². The van der Waals surface area contributed by atoms with E-state index in [1.165, 1.54) is 6.07 Å². The van der Waals surface area contributed by atoms with E-state index in [0.717, 1.165) is 28.7 Å². The number of nitrogens with zero attached hydrogens (tertiary/aromatic N) is 2. The molecule has 1 N–H and O–H groups in total. The Labute approximate surface area is 193 Å². The van der Waals surface area contributed by atoms with Crippen molar-refractivity contribution in [3.05, 3.63) is 94.5 Å². The van der Waals surface area contributed by atoms with Crippen LogP contribution >= 0.6 is 11.6 Å². The number of ether oxygens (including phenoxy) is 1. The Morgan fingerprint density at radius 1 is 1.00 bits per heavy atom. The molecule has 1 aliphatic rings. The lowest BCUT2D eigenvalue weighted by molar-refractivity contribution is -0.137. The highest BCUT2D eigenvalue weighted by atomic mass is 35.5. The van der Waals surface area contributed by atoms with Crippen molar-refractivity contribution in [2.24, 2.45) is 0 Å². The van der Waals surface area contributed by atoms with Crippen molar-refractivity contribution < 1.29 is 17.9 Å². The van der Waals surface area contributed by atoms with Crippen LogP contribution in [0.15, 0.2) is 72.8 Å². The number of nitrogens with one attached hydrogen (secondary N) is 1. The van der Waals surface area contributed by atoms with Crippen molar-refractivity contribution in [3.63, 3.8) is 0 Å². The van der Waals surface area contributed by atoms with Gasteiger partial charge in [-0.05, 0) is 48.4 Å². The summed E-state index contributed by atoms with van der Waals surface area (Å²) in [6, 6.07) is 21.2. The number of fused-ring (bicyclic) bond motifs is 1. The van der Waals surface area contributed by atoms with E-state index in [1.807, 2.05) is 54.6 Å². The monoisotopic (exact) mass is 469 g/mol. The molecule has 1 aliphatic heterocycles. The van der Waals surface area contributed by atoms with Crippen molar-refractivity contribution in [1.29, 1.82) is 0 Å². The number of aromatic nitrogens is 2. The third-order valence-corrected chi connectivity index (χ3v) is 5.86. The summed E-state index contributed by atoms with van der Waals surface area (Å²) < 4.78 is 47.7. The number of rotatable bonds is 5. The van der Waals surface area contributed by atoms with Crippen LogP contribution in [-0.2, 0) is 19.2 Å². The molecule has 2 heterocycles. The Kier molecular flexibility index (Phi) is 5.50. The summed E-state index contributed by atoms with van der Waals surface area (Å²) in [6.07, 6.45) is -3.86. The SMILES string of the molecule is FC(F)(F)c1cc(-c2nn(-c3ccc(OCc4ccccc4)cc3)c3c2CCN3)ccc1Cl. The summed E-state index contributed by atoms with van der Waals surface area (Å²) in [6.45, 7) is 1.15.